The second-order valence-electron chi connectivity index (χ2n) is 4.95. The van der Waals surface area contributed by atoms with Gasteiger partial charge in [0.15, 0.2) is 0 Å². The first-order valence-corrected chi connectivity index (χ1v) is 7.81. The highest BCUT2D eigenvalue weighted by Gasteiger charge is 2.28. The Morgan fingerprint density at radius 2 is 2.14 bits per heavy atom. The van der Waals surface area contributed by atoms with Crippen molar-refractivity contribution in [2.45, 2.75) is 25.3 Å². The number of likely N-dealkylation sites (tertiary alicyclic amines) is 1. The lowest BCUT2D eigenvalue weighted by molar-refractivity contribution is -0.128. The fraction of sp³-hybridized carbons (Fsp3) is 0.375. The molecule has 1 aliphatic heterocycles. The van der Waals surface area contributed by atoms with Gasteiger partial charge in [-0.15, -0.1) is 0 Å². The van der Waals surface area contributed by atoms with Gasteiger partial charge in [-0.2, -0.15) is 0 Å². The van der Waals surface area contributed by atoms with Crippen LogP contribution in [0.5, 0.6) is 0 Å². The van der Waals surface area contributed by atoms with Gasteiger partial charge in [-0.05, 0) is 35.5 Å². The molecule has 2 rings (SSSR count). The second kappa shape index (κ2) is 7.41. The van der Waals surface area contributed by atoms with Crippen molar-refractivity contribution >= 4 is 27.8 Å². The molecule has 5 heteroatoms. The van der Waals surface area contributed by atoms with E-state index < -0.39 is 0 Å². The average molecular weight is 352 g/mol. The van der Waals surface area contributed by atoms with Gasteiger partial charge in [0.2, 0.25) is 5.91 Å². The zero-order chi connectivity index (χ0) is 15.2. The molecule has 0 radical (unpaired) electrons. The Kier molecular flexibility index (Phi) is 5.56. The molecule has 0 unspecified atom stereocenters. The fourth-order valence-electron chi connectivity index (χ4n) is 2.51. The SMILES string of the molecule is COC(=O)c1ccc(CCN2C(=O)CC[C@@H]2C=CBr)cc1. The molecule has 0 bridgehead atoms. The van der Waals surface area contributed by atoms with Crippen molar-refractivity contribution in [3.05, 3.63) is 46.5 Å². The first-order valence-electron chi connectivity index (χ1n) is 6.89. The van der Waals surface area contributed by atoms with Gasteiger partial charge >= 0.3 is 5.97 Å². The van der Waals surface area contributed by atoms with Crippen molar-refractivity contribution in [3.63, 3.8) is 0 Å². The lowest BCUT2D eigenvalue weighted by Crippen LogP contribution is -2.33. The number of esters is 1. The maximum Gasteiger partial charge on any atom is 0.337 e. The smallest absolute Gasteiger partial charge is 0.337 e. The van der Waals surface area contributed by atoms with Crippen LogP contribution < -0.4 is 0 Å². The van der Waals surface area contributed by atoms with Crippen LogP contribution in [-0.4, -0.2) is 36.5 Å². The molecular weight excluding hydrogens is 334 g/mol. The molecule has 1 amide bonds. The van der Waals surface area contributed by atoms with Gasteiger partial charge in [-0.3, -0.25) is 4.79 Å². The molecule has 21 heavy (non-hydrogen) atoms. The Bertz CT molecular complexity index is 539. The van der Waals surface area contributed by atoms with Crippen LogP contribution in [0.1, 0.15) is 28.8 Å². The monoisotopic (exact) mass is 351 g/mol. The van der Waals surface area contributed by atoms with E-state index in [1.165, 1.54) is 7.11 Å². The lowest BCUT2D eigenvalue weighted by atomic mass is 10.1. The summed E-state index contributed by atoms with van der Waals surface area (Å²) in [6.07, 6.45) is 4.27. The van der Waals surface area contributed by atoms with Gasteiger partial charge in [0, 0.05) is 13.0 Å². The van der Waals surface area contributed by atoms with Crippen LogP contribution in [0.3, 0.4) is 0 Å². The average Bonchev–Trinajstić information content (AvgIpc) is 2.86. The predicted molar refractivity (Wildman–Crippen MR) is 84.3 cm³/mol. The molecule has 0 aromatic heterocycles. The lowest BCUT2D eigenvalue weighted by Gasteiger charge is -2.22. The summed E-state index contributed by atoms with van der Waals surface area (Å²) >= 11 is 3.27. The molecule has 0 aliphatic carbocycles. The molecule has 0 saturated carbocycles. The molecule has 0 N–H and O–H groups in total. The number of benzene rings is 1. The Morgan fingerprint density at radius 1 is 1.43 bits per heavy atom. The summed E-state index contributed by atoms with van der Waals surface area (Å²) in [5.41, 5.74) is 1.64. The minimum absolute atomic E-state index is 0.186. The summed E-state index contributed by atoms with van der Waals surface area (Å²) in [5, 5.41) is 0. The first kappa shape index (κ1) is 15.8. The summed E-state index contributed by atoms with van der Waals surface area (Å²) in [6, 6.07) is 7.50. The van der Waals surface area contributed by atoms with Crippen LogP contribution in [0.25, 0.3) is 0 Å². The number of hydrogen-bond acceptors (Lipinski definition) is 3. The maximum absolute atomic E-state index is 11.9. The largest absolute Gasteiger partial charge is 0.465 e. The zero-order valence-electron chi connectivity index (χ0n) is 11.9. The van der Waals surface area contributed by atoms with Crippen LogP contribution in [0.15, 0.2) is 35.3 Å². The van der Waals surface area contributed by atoms with E-state index in [-0.39, 0.29) is 17.9 Å². The first-order chi connectivity index (χ1) is 10.2. The summed E-state index contributed by atoms with van der Waals surface area (Å²) in [4.78, 5) is 27.0. The van der Waals surface area contributed by atoms with Crippen molar-refractivity contribution in [3.8, 4) is 0 Å². The summed E-state index contributed by atoms with van der Waals surface area (Å²) in [7, 11) is 1.37. The van der Waals surface area contributed by atoms with Gasteiger partial charge in [-0.25, -0.2) is 4.79 Å². The summed E-state index contributed by atoms with van der Waals surface area (Å²) < 4.78 is 4.67. The summed E-state index contributed by atoms with van der Waals surface area (Å²) in [6.45, 7) is 0.693. The van der Waals surface area contributed by atoms with Crippen molar-refractivity contribution in [1.29, 1.82) is 0 Å². The molecular formula is C16H18BrNO3. The number of nitrogens with zero attached hydrogens (tertiary/aromatic N) is 1. The highest BCUT2D eigenvalue weighted by atomic mass is 79.9. The number of methoxy groups -OCH3 is 1. The Hall–Kier alpha value is -1.62. The number of carbonyl (C=O) groups excluding carboxylic acids is 2. The third-order valence-corrected chi connectivity index (χ3v) is 3.99. The van der Waals surface area contributed by atoms with Gasteiger partial charge < -0.3 is 9.64 Å². The molecule has 4 nitrogen and oxygen atoms in total. The number of hydrogen-bond donors (Lipinski definition) is 0. The minimum atomic E-state index is -0.334. The Labute approximate surface area is 132 Å². The Balaban J connectivity index is 1.96. The van der Waals surface area contributed by atoms with E-state index in [1.807, 2.05) is 28.1 Å². The van der Waals surface area contributed by atoms with E-state index in [0.29, 0.717) is 18.5 Å². The molecule has 0 spiro atoms. The number of halogens is 1. The number of ether oxygens (including phenoxy) is 1. The van der Waals surface area contributed by atoms with E-state index in [2.05, 4.69) is 20.7 Å². The van der Waals surface area contributed by atoms with Crippen molar-refractivity contribution in [1.82, 2.24) is 4.90 Å². The fourth-order valence-corrected chi connectivity index (χ4v) is 2.86. The third-order valence-electron chi connectivity index (χ3n) is 3.69. The van der Waals surface area contributed by atoms with Crippen LogP contribution in [-0.2, 0) is 16.0 Å². The van der Waals surface area contributed by atoms with Crippen molar-refractivity contribution in [2.75, 3.05) is 13.7 Å². The molecule has 1 saturated heterocycles. The molecule has 1 heterocycles. The number of amides is 1. The maximum atomic E-state index is 11.9. The van der Waals surface area contributed by atoms with Gasteiger partial charge in [0.25, 0.3) is 0 Å². The topological polar surface area (TPSA) is 46.6 Å². The second-order valence-corrected chi connectivity index (χ2v) is 5.48. The standard InChI is InChI=1S/C16H18BrNO3/c1-21-16(20)13-4-2-12(3-5-13)9-11-18-14(8-10-17)6-7-15(18)19/h2-5,8,10,14H,6-7,9,11H2,1H3/t14-/m1/s1. The van der Waals surface area contributed by atoms with E-state index in [4.69, 9.17) is 0 Å². The molecule has 1 aromatic carbocycles. The van der Waals surface area contributed by atoms with Gasteiger partial charge in [0.1, 0.15) is 0 Å². The van der Waals surface area contributed by atoms with Crippen LogP contribution in [0, 0.1) is 0 Å². The van der Waals surface area contributed by atoms with E-state index in [1.54, 1.807) is 12.1 Å². The molecule has 1 aromatic rings. The van der Waals surface area contributed by atoms with Crippen LogP contribution >= 0.6 is 15.9 Å². The van der Waals surface area contributed by atoms with E-state index in [0.717, 1.165) is 18.4 Å². The van der Waals surface area contributed by atoms with Crippen molar-refractivity contribution in [2.24, 2.45) is 0 Å². The van der Waals surface area contributed by atoms with Gasteiger partial charge in [-0.1, -0.05) is 34.1 Å². The number of rotatable bonds is 5. The van der Waals surface area contributed by atoms with Crippen LogP contribution in [0.4, 0.5) is 0 Å². The number of carbonyl (C=O) groups is 2. The summed E-state index contributed by atoms with van der Waals surface area (Å²) in [5.74, 6) is -0.129. The van der Waals surface area contributed by atoms with Crippen LogP contribution in [0.2, 0.25) is 0 Å². The van der Waals surface area contributed by atoms with E-state index in [9.17, 15) is 9.59 Å². The van der Waals surface area contributed by atoms with Crippen molar-refractivity contribution < 1.29 is 14.3 Å². The molecule has 1 aliphatic rings. The Morgan fingerprint density at radius 3 is 2.76 bits per heavy atom. The third kappa shape index (κ3) is 3.94. The van der Waals surface area contributed by atoms with Gasteiger partial charge in [0.05, 0.1) is 18.7 Å². The molecule has 1 fully saturated rings. The highest BCUT2D eigenvalue weighted by Crippen LogP contribution is 2.20. The quantitative estimate of drug-likeness (QED) is 0.766. The molecule has 112 valence electrons. The van der Waals surface area contributed by atoms with E-state index >= 15 is 0 Å². The molecule has 1 atom stereocenters. The zero-order valence-corrected chi connectivity index (χ0v) is 13.5. The minimum Gasteiger partial charge on any atom is -0.465 e. The normalized spacial score (nSPS) is 18.5. The predicted octanol–water partition coefficient (Wildman–Crippen LogP) is 2.92. The highest BCUT2D eigenvalue weighted by molar-refractivity contribution is 9.11.